The van der Waals surface area contributed by atoms with Crippen LogP contribution >= 0.6 is 43.2 Å². The quantitative estimate of drug-likeness (QED) is 0.663. The first-order valence-electron chi connectivity index (χ1n) is 7.61. The van der Waals surface area contributed by atoms with Crippen LogP contribution < -0.4 is 5.32 Å². The van der Waals surface area contributed by atoms with Crippen LogP contribution in [0.25, 0.3) is 0 Å². The van der Waals surface area contributed by atoms with E-state index in [-0.39, 0.29) is 11.9 Å². The molecular formula is C17H18Br2N2OS. The molecule has 1 aromatic carbocycles. The van der Waals surface area contributed by atoms with Gasteiger partial charge in [-0.1, -0.05) is 22.0 Å². The number of anilines is 1. The Morgan fingerprint density at radius 2 is 2.22 bits per heavy atom. The standard InChI is InChI=1S/C17H18Br2N2OS/c1-11(17(22)20-14-7-6-12(18)10-13(14)19)21-8-2-4-15(21)16-5-3-9-23-16/h3,5-7,9-11,15H,2,4,8H2,1H3,(H,20,22). The number of carbonyl (C=O) groups excluding carboxylic acids is 1. The van der Waals surface area contributed by atoms with Crippen molar-refractivity contribution in [1.29, 1.82) is 0 Å². The Morgan fingerprint density at radius 1 is 1.39 bits per heavy atom. The molecular weight excluding hydrogens is 440 g/mol. The molecule has 0 bridgehead atoms. The van der Waals surface area contributed by atoms with E-state index in [0.29, 0.717) is 6.04 Å². The summed E-state index contributed by atoms with van der Waals surface area (Å²) < 4.78 is 1.86. The molecule has 0 saturated carbocycles. The predicted molar refractivity (Wildman–Crippen MR) is 103 cm³/mol. The summed E-state index contributed by atoms with van der Waals surface area (Å²) in [6.45, 7) is 2.96. The van der Waals surface area contributed by atoms with Gasteiger partial charge in [0.2, 0.25) is 5.91 Å². The number of benzene rings is 1. The van der Waals surface area contributed by atoms with Crippen molar-refractivity contribution in [3.8, 4) is 0 Å². The summed E-state index contributed by atoms with van der Waals surface area (Å²) in [6.07, 6.45) is 2.27. The van der Waals surface area contributed by atoms with Gasteiger partial charge in [-0.05, 0) is 71.9 Å². The van der Waals surface area contributed by atoms with Gasteiger partial charge in [0.05, 0.1) is 11.7 Å². The van der Waals surface area contributed by atoms with Crippen LogP contribution in [0.5, 0.6) is 0 Å². The summed E-state index contributed by atoms with van der Waals surface area (Å²) in [7, 11) is 0. The van der Waals surface area contributed by atoms with Gasteiger partial charge in [-0.2, -0.15) is 0 Å². The number of nitrogens with zero attached hydrogens (tertiary/aromatic N) is 1. The van der Waals surface area contributed by atoms with Gasteiger partial charge < -0.3 is 5.32 Å². The zero-order valence-corrected chi connectivity index (χ0v) is 16.7. The number of amides is 1. The highest BCUT2D eigenvalue weighted by atomic mass is 79.9. The molecule has 0 radical (unpaired) electrons. The lowest BCUT2D eigenvalue weighted by atomic mass is 10.1. The summed E-state index contributed by atoms with van der Waals surface area (Å²) in [5.41, 5.74) is 0.803. The van der Waals surface area contributed by atoms with E-state index in [1.165, 1.54) is 4.88 Å². The van der Waals surface area contributed by atoms with E-state index in [9.17, 15) is 4.79 Å². The summed E-state index contributed by atoms with van der Waals surface area (Å²) in [6, 6.07) is 10.2. The molecule has 1 aliphatic heterocycles. The van der Waals surface area contributed by atoms with E-state index in [0.717, 1.165) is 34.0 Å². The Labute approximate surface area is 157 Å². The monoisotopic (exact) mass is 456 g/mol. The van der Waals surface area contributed by atoms with Crippen molar-refractivity contribution in [2.75, 3.05) is 11.9 Å². The van der Waals surface area contributed by atoms with Crippen LogP contribution in [-0.4, -0.2) is 23.4 Å². The van der Waals surface area contributed by atoms with Gasteiger partial charge in [0.15, 0.2) is 0 Å². The summed E-state index contributed by atoms with van der Waals surface area (Å²) in [4.78, 5) is 16.3. The largest absolute Gasteiger partial charge is 0.324 e. The van der Waals surface area contributed by atoms with Crippen LogP contribution in [0.1, 0.15) is 30.7 Å². The maximum absolute atomic E-state index is 12.7. The predicted octanol–water partition coefficient (Wildman–Crippen LogP) is 5.44. The molecule has 1 aromatic heterocycles. The van der Waals surface area contributed by atoms with E-state index < -0.39 is 0 Å². The molecule has 2 aromatic rings. The maximum atomic E-state index is 12.7. The minimum absolute atomic E-state index is 0.0384. The molecule has 0 aliphatic carbocycles. The van der Waals surface area contributed by atoms with Crippen molar-refractivity contribution in [3.05, 3.63) is 49.5 Å². The third-order valence-corrected chi connectivity index (χ3v) is 6.35. The van der Waals surface area contributed by atoms with Crippen LogP contribution in [0.15, 0.2) is 44.7 Å². The molecule has 3 nitrogen and oxygen atoms in total. The SMILES string of the molecule is CC(C(=O)Nc1ccc(Br)cc1Br)N1CCCC1c1cccs1. The molecule has 1 saturated heterocycles. The Bertz CT molecular complexity index is 690. The van der Waals surface area contributed by atoms with Crippen molar-refractivity contribution in [2.24, 2.45) is 0 Å². The van der Waals surface area contributed by atoms with Crippen LogP contribution in [0.4, 0.5) is 5.69 Å². The lowest BCUT2D eigenvalue weighted by Gasteiger charge is -2.29. The van der Waals surface area contributed by atoms with Crippen LogP contribution in [0.3, 0.4) is 0 Å². The Kier molecular flexibility index (Phi) is 5.57. The first kappa shape index (κ1) is 17.1. The average Bonchev–Trinajstić information content (AvgIpc) is 3.19. The van der Waals surface area contributed by atoms with Crippen LogP contribution in [0, 0.1) is 0 Å². The number of likely N-dealkylation sites (tertiary alicyclic amines) is 1. The third-order valence-electron chi connectivity index (χ3n) is 4.23. The number of hydrogen-bond donors (Lipinski definition) is 1. The van der Waals surface area contributed by atoms with E-state index in [1.807, 2.05) is 25.1 Å². The normalized spacial score (nSPS) is 19.7. The number of halogens is 2. The molecule has 122 valence electrons. The van der Waals surface area contributed by atoms with E-state index >= 15 is 0 Å². The van der Waals surface area contributed by atoms with Gasteiger partial charge in [0.1, 0.15) is 0 Å². The van der Waals surface area contributed by atoms with E-state index in [2.05, 4.69) is 59.6 Å². The van der Waals surface area contributed by atoms with Gasteiger partial charge >= 0.3 is 0 Å². The smallest absolute Gasteiger partial charge is 0.241 e. The average molecular weight is 458 g/mol. The highest BCUT2D eigenvalue weighted by Crippen LogP contribution is 2.36. The summed E-state index contributed by atoms with van der Waals surface area (Å²) >= 11 is 8.70. The molecule has 1 N–H and O–H groups in total. The Hall–Kier alpha value is -0.690. The maximum Gasteiger partial charge on any atom is 0.241 e. The molecule has 3 rings (SSSR count). The lowest BCUT2D eigenvalue weighted by molar-refractivity contribution is -0.121. The minimum Gasteiger partial charge on any atom is -0.324 e. The van der Waals surface area contributed by atoms with Crippen molar-refractivity contribution in [1.82, 2.24) is 4.90 Å². The molecule has 1 fully saturated rings. The second kappa shape index (κ2) is 7.47. The Morgan fingerprint density at radius 3 is 2.91 bits per heavy atom. The second-order valence-electron chi connectivity index (χ2n) is 5.70. The highest BCUT2D eigenvalue weighted by molar-refractivity contribution is 9.11. The molecule has 2 heterocycles. The molecule has 1 amide bonds. The highest BCUT2D eigenvalue weighted by Gasteiger charge is 2.33. The minimum atomic E-state index is -0.153. The zero-order valence-electron chi connectivity index (χ0n) is 12.8. The van der Waals surface area contributed by atoms with Gasteiger partial charge in [-0.25, -0.2) is 0 Å². The summed E-state index contributed by atoms with van der Waals surface area (Å²) in [5.74, 6) is 0.0384. The van der Waals surface area contributed by atoms with Crippen molar-refractivity contribution in [3.63, 3.8) is 0 Å². The van der Waals surface area contributed by atoms with Crippen LogP contribution in [0.2, 0.25) is 0 Å². The number of carbonyl (C=O) groups is 1. The fourth-order valence-electron chi connectivity index (χ4n) is 3.02. The molecule has 23 heavy (non-hydrogen) atoms. The van der Waals surface area contributed by atoms with Gasteiger partial charge in [-0.15, -0.1) is 11.3 Å². The number of rotatable bonds is 4. The second-order valence-corrected chi connectivity index (χ2v) is 8.45. The Balaban J connectivity index is 1.71. The van der Waals surface area contributed by atoms with E-state index in [1.54, 1.807) is 11.3 Å². The number of thiophene rings is 1. The third kappa shape index (κ3) is 3.87. The molecule has 2 atom stereocenters. The molecule has 6 heteroatoms. The van der Waals surface area contributed by atoms with Gasteiger partial charge in [-0.3, -0.25) is 9.69 Å². The topological polar surface area (TPSA) is 32.3 Å². The number of hydrogen-bond acceptors (Lipinski definition) is 3. The molecule has 1 aliphatic rings. The molecule has 0 spiro atoms. The number of nitrogens with one attached hydrogen (secondary N) is 1. The molecule has 2 unspecified atom stereocenters. The summed E-state index contributed by atoms with van der Waals surface area (Å²) in [5, 5.41) is 5.14. The first-order valence-corrected chi connectivity index (χ1v) is 10.1. The van der Waals surface area contributed by atoms with Gasteiger partial charge in [0.25, 0.3) is 0 Å². The van der Waals surface area contributed by atoms with Crippen LogP contribution in [-0.2, 0) is 4.79 Å². The van der Waals surface area contributed by atoms with E-state index in [4.69, 9.17) is 0 Å². The van der Waals surface area contributed by atoms with Crippen molar-refractivity contribution in [2.45, 2.75) is 31.8 Å². The van der Waals surface area contributed by atoms with Crippen molar-refractivity contribution >= 4 is 54.8 Å². The fourth-order valence-corrected chi connectivity index (χ4v) is 5.05. The first-order chi connectivity index (χ1) is 11.1. The van der Waals surface area contributed by atoms with Crippen molar-refractivity contribution < 1.29 is 4.79 Å². The lowest BCUT2D eigenvalue weighted by Crippen LogP contribution is -2.41. The zero-order chi connectivity index (χ0) is 16.4. The fraction of sp³-hybridized carbons (Fsp3) is 0.353. The van der Waals surface area contributed by atoms with Gasteiger partial charge in [0, 0.05) is 19.9 Å².